The second-order valence-electron chi connectivity index (χ2n) is 7.38. The molecule has 0 atom stereocenters. The van der Waals surface area contributed by atoms with Gasteiger partial charge in [0.05, 0.1) is 17.6 Å². The molecule has 12 heteroatoms. The first-order valence-electron chi connectivity index (χ1n) is 10.4. The number of piperazine rings is 1. The molecule has 1 saturated heterocycles. The van der Waals surface area contributed by atoms with E-state index in [0.717, 1.165) is 17.5 Å². The van der Waals surface area contributed by atoms with Crippen molar-refractivity contribution in [1.29, 1.82) is 0 Å². The van der Waals surface area contributed by atoms with Gasteiger partial charge >= 0.3 is 5.69 Å². The van der Waals surface area contributed by atoms with E-state index in [9.17, 15) is 19.3 Å². The number of hydrogen-bond acceptors (Lipinski definition) is 9. The van der Waals surface area contributed by atoms with E-state index in [2.05, 4.69) is 25.7 Å². The van der Waals surface area contributed by atoms with Gasteiger partial charge in [0, 0.05) is 31.9 Å². The maximum absolute atomic E-state index is 13.8. The van der Waals surface area contributed by atoms with Gasteiger partial charge in [-0.1, -0.05) is 12.1 Å². The summed E-state index contributed by atoms with van der Waals surface area (Å²) in [6.45, 7) is 2.23. The smallest absolute Gasteiger partial charge is 0.355 e. The average molecular weight is 467 g/mol. The van der Waals surface area contributed by atoms with Gasteiger partial charge in [-0.05, 0) is 36.4 Å². The molecule has 0 spiro atoms. The standard InChI is InChI=1S/C22H22FN7O4/c1-34-16-8-6-15(7-9-16)28-10-12-29(13-11-28)21-19(30(32)33)20(24-14-25-21)26-27-22(31)17-4-2-3-5-18(17)23/h2-9,14H,10-13H2,1H3,(H,27,31)(H,24,25,26). The third-order valence-electron chi connectivity index (χ3n) is 5.42. The van der Waals surface area contributed by atoms with E-state index < -0.39 is 16.6 Å². The minimum atomic E-state index is -0.791. The second kappa shape index (κ2) is 9.98. The minimum Gasteiger partial charge on any atom is -0.497 e. The molecule has 1 aliphatic rings. The molecule has 0 radical (unpaired) electrons. The molecule has 2 aromatic carbocycles. The molecule has 0 unspecified atom stereocenters. The van der Waals surface area contributed by atoms with Crippen LogP contribution in [0.1, 0.15) is 10.4 Å². The van der Waals surface area contributed by atoms with Crippen LogP contribution in [0.4, 0.5) is 27.4 Å². The zero-order chi connectivity index (χ0) is 24.1. The Bertz CT molecular complexity index is 1180. The zero-order valence-corrected chi connectivity index (χ0v) is 18.3. The van der Waals surface area contributed by atoms with Crippen LogP contribution in [0.2, 0.25) is 0 Å². The Labute approximate surface area is 194 Å². The van der Waals surface area contributed by atoms with Gasteiger partial charge in [-0.25, -0.2) is 14.4 Å². The number of hydrazine groups is 1. The zero-order valence-electron chi connectivity index (χ0n) is 18.3. The summed E-state index contributed by atoms with van der Waals surface area (Å²) in [5.41, 5.74) is 5.13. The highest BCUT2D eigenvalue weighted by molar-refractivity contribution is 5.95. The van der Waals surface area contributed by atoms with Gasteiger partial charge in [0.2, 0.25) is 11.6 Å². The van der Waals surface area contributed by atoms with Crippen LogP contribution in [0.15, 0.2) is 54.9 Å². The van der Waals surface area contributed by atoms with Gasteiger partial charge in [-0.2, -0.15) is 0 Å². The summed E-state index contributed by atoms with van der Waals surface area (Å²) in [4.78, 5) is 35.5. The van der Waals surface area contributed by atoms with Gasteiger partial charge in [-0.15, -0.1) is 0 Å². The SMILES string of the molecule is COc1ccc(N2CCN(c3ncnc(NNC(=O)c4ccccc4F)c3[N+](=O)[O-])CC2)cc1. The fourth-order valence-corrected chi connectivity index (χ4v) is 3.66. The van der Waals surface area contributed by atoms with Crippen molar-refractivity contribution >= 4 is 28.9 Å². The fourth-order valence-electron chi connectivity index (χ4n) is 3.66. The van der Waals surface area contributed by atoms with Gasteiger partial charge in [0.1, 0.15) is 17.9 Å². The highest BCUT2D eigenvalue weighted by atomic mass is 19.1. The van der Waals surface area contributed by atoms with Crippen molar-refractivity contribution in [1.82, 2.24) is 15.4 Å². The molecule has 34 heavy (non-hydrogen) atoms. The third-order valence-corrected chi connectivity index (χ3v) is 5.42. The number of benzene rings is 2. The third kappa shape index (κ3) is 4.80. The first-order chi connectivity index (χ1) is 16.5. The summed E-state index contributed by atoms with van der Waals surface area (Å²) < 4.78 is 19.0. The van der Waals surface area contributed by atoms with E-state index >= 15 is 0 Å². The quantitative estimate of drug-likeness (QED) is 0.398. The van der Waals surface area contributed by atoms with Crippen LogP contribution in [0.25, 0.3) is 0 Å². The molecule has 1 fully saturated rings. The lowest BCUT2D eigenvalue weighted by Crippen LogP contribution is -2.47. The van der Waals surface area contributed by atoms with Crippen LogP contribution in [-0.4, -0.2) is 54.1 Å². The summed E-state index contributed by atoms with van der Waals surface area (Å²) in [6, 6.07) is 13.1. The Kier molecular flexibility index (Phi) is 6.67. The van der Waals surface area contributed by atoms with E-state index in [-0.39, 0.29) is 22.9 Å². The summed E-state index contributed by atoms with van der Waals surface area (Å²) in [5, 5.41) is 11.9. The maximum Gasteiger partial charge on any atom is 0.355 e. The van der Waals surface area contributed by atoms with Crippen molar-refractivity contribution in [2.24, 2.45) is 0 Å². The van der Waals surface area contributed by atoms with Crippen molar-refractivity contribution in [2.75, 3.05) is 48.5 Å². The van der Waals surface area contributed by atoms with Crippen LogP contribution in [-0.2, 0) is 0 Å². The molecule has 0 saturated carbocycles. The summed E-state index contributed by atoms with van der Waals surface area (Å²) in [7, 11) is 1.61. The molecule has 0 aliphatic carbocycles. The van der Waals surface area contributed by atoms with Gasteiger partial charge in [0.15, 0.2) is 0 Å². The normalized spacial score (nSPS) is 13.4. The number of ether oxygens (including phenoxy) is 1. The number of anilines is 3. The van der Waals surface area contributed by atoms with Crippen molar-refractivity contribution in [2.45, 2.75) is 0 Å². The van der Waals surface area contributed by atoms with E-state index in [1.807, 2.05) is 24.3 Å². The van der Waals surface area contributed by atoms with Crippen molar-refractivity contribution in [3.05, 3.63) is 76.4 Å². The summed E-state index contributed by atoms with van der Waals surface area (Å²) >= 11 is 0. The monoisotopic (exact) mass is 467 g/mol. The molecule has 11 nitrogen and oxygen atoms in total. The van der Waals surface area contributed by atoms with Crippen LogP contribution >= 0.6 is 0 Å². The van der Waals surface area contributed by atoms with E-state index in [4.69, 9.17) is 4.74 Å². The van der Waals surface area contributed by atoms with Gasteiger partial charge in [0.25, 0.3) is 5.91 Å². The Morgan fingerprint density at radius 2 is 1.74 bits per heavy atom. The van der Waals surface area contributed by atoms with E-state index in [0.29, 0.717) is 26.2 Å². The molecular formula is C22H22FN7O4. The summed E-state index contributed by atoms with van der Waals surface area (Å²) in [6.07, 6.45) is 1.18. The molecular weight excluding hydrogens is 445 g/mol. The fraction of sp³-hybridized carbons (Fsp3) is 0.227. The second-order valence-corrected chi connectivity index (χ2v) is 7.38. The van der Waals surface area contributed by atoms with Gasteiger partial charge in [-0.3, -0.25) is 25.8 Å². The molecule has 2 heterocycles. The van der Waals surface area contributed by atoms with Crippen LogP contribution < -0.4 is 25.4 Å². The Balaban J connectivity index is 1.47. The molecule has 1 aliphatic heterocycles. The number of hydrogen-bond donors (Lipinski definition) is 2. The number of amides is 1. The molecule has 1 amide bonds. The Hall–Kier alpha value is -4.48. The number of carbonyl (C=O) groups excluding carboxylic acids is 1. The van der Waals surface area contributed by atoms with Crippen molar-refractivity contribution in [3.8, 4) is 5.75 Å². The number of aromatic nitrogens is 2. The first kappa shape index (κ1) is 22.7. The van der Waals surface area contributed by atoms with Crippen molar-refractivity contribution < 1.29 is 18.8 Å². The largest absolute Gasteiger partial charge is 0.497 e. The predicted octanol–water partition coefficient (Wildman–Crippen LogP) is 2.62. The number of nitrogens with zero attached hydrogens (tertiary/aromatic N) is 5. The average Bonchev–Trinajstić information content (AvgIpc) is 2.87. The molecule has 1 aromatic heterocycles. The lowest BCUT2D eigenvalue weighted by molar-refractivity contribution is -0.383. The number of carbonyl (C=O) groups is 1. The highest BCUT2D eigenvalue weighted by Gasteiger charge is 2.29. The van der Waals surface area contributed by atoms with Crippen LogP contribution in [0.5, 0.6) is 5.75 Å². The molecule has 3 aromatic rings. The lowest BCUT2D eigenvalue weighted by Gasteiger charge is -2.36. The number of rotatable bonds is 7. The minimum absolute atomic E-state index is 0.136. The van der Waals surface area contributed by atoms with Crippen molar-refractivity contribution in [3.63, 3.8) is 0 Å². The molecule has 2 N–H and O–H groups in total. The number of halogens is 1. The van der Waals surface area contributed by atoms with E-state index in [1.54, 1.807) is 12.0 Å². The number of nitro groups is 1. The lowest BCUT2D eigenvalue weighted by atomic mass is 10.2. The number of nitrogens with one attached hydrogen (secondary N) is 2. The highest BCUT2D eigenvalue weighted by Crippen LogP contribution is 2.32. The van der Waals surface area contributed by atoms with Crippen LogP contribution in [0, 0.1) is 15.9 Å². The molecule has 4 rings (SSSR count). The Morgan fingerprint density at radius 1 is 1.06 bits per heavy atom. The molecule has 0 bridgehead atoms. The summed E-state index contributed by atoms with van der Waals surface area (Å²) in [5.74, 6) is -0.800. The first-order valence-corrected chi connectivity index (χ1v) is 10.4. The predicted molar refractivity (Wildman–Crippen MR) is 124 cm³/mol. The van der Waals surface area contributed by atoms with Gasteiger partial charge < -0.3 is 14.5 Å². The maximum atomic E-state index is 13.8. The number of methoxy groups -OCH3 is 1. The Morgan fingerprint density at radius 3 is 2.38 bits per heavy atom. The topological polar surface area (TPSA) is 126 Å². The van der Waals surface area contributed by atoms with E-state index in [1.165, 1.54) is 24.5 Å². The molecule has 176 valence electrons. The van der Waals surface area contributed by atoms with Crippen LogP contribution in [0.3, 0.4) is 0 Å².